The van der Waals surface area contributed by atoms with Gasteiger partial charge in [0.25, 0.3) is 0 Å². The SMILES string of the molecule is CCC(C)c1ccc(OCCOc2c(Cl)cc(C=NNC(=O)Nc3ccccc3)cc2OC)cc1. The molecule has 0 radical (unpaired) electrons. The van der Waals surface area contributed by atoms with Crippen LogP contribution in [0.15, 0.2) is 71.8 Å². The Labute approximate surface area is 211 Å². The van der Waals surface area contributed by atoms with E-state index in [0.717, 1.165) is 12.2 Å². The standard InChI is InChI=1S/C27H30ClN3O4/c1-4-19(2)21-10-12-23(13-11-21)34-14-15-35-26-24(28)16-20(17-25(26)33-3)18-29-31-27(32)30-22-8-6-5-7-9-22/h5-13,16-19H,4,14-15H2,1-3H3,(H2,30,31,32). The monoisotopic (exact) mass is 495 g/mol. The molecule has 0 spiro atoms. The number of hydrogen-bond donors (Lipinski definition) is 2. The van der Waals surface area contributed by atoms with E-state index < -0.39 is 6.03 Å². The van der Waals surface area contributed by atoms with E-state index in [0.29, 0.717) is 40.3 Å². The summed E-state index contributed by atoms with van der Waals surface area (Å²) in [4.78, 5) is 11.9. The Bertz CT molecular complexity index is 1120. The van der Waals surface area contributed by atoms with Crippen molar-refractivity contribution < 1.29 is 19.0 Å². The van der Waals surface area contributed by atoms with Crippen molar-refractivity contribution in [3.05, 3.63) is 82.9 Å². The highest BCUT2D eigenvalue weighted by Crippen LogP contribution is 2.36. The number of anilines is 1. The zero-order chi connectivity index (χ0) is 25.0. The van der Waals surface area contributed by atoms with Crippen molar-refractivity contribution in [3.63, 3.8) is 0 Å². The molecule has 35 heavy (non-hydrogen) atoms. The van der Waals surface area contributed by atoms with Crippen LogP contribution in [0.1, 0.15) is 37.3 Å². The molecule has 0 aliphatic heterocycles. The molecular weight excluding hydrogens is 466 g/mol. The summed E-state index contributed by atoms with van der Waals surface area (Å²) in [6, 6.07) is 20.1. The summed E-state index contributed by atoms with van der Waals surface area (Å²) in [5.41, 5.74) is 5.01. The van der Waals surface area contributed by atoms with Crippen LogP contribution in [0.25, 0.3) is 0 Å². The minimum Gasteiger partial charge on any atom is -0.493 e. The molecule has 2 amide bonds. The molecule has 0 fully saturated rings. The molecule has 0 aromatic heterocycles. The normalized spacial score (nSPS) is 11.7. The highest BCUT2D eigenvalue weighted by Gasteiger charge is 2.12. The lowest BCUT2D eigenvalue weighted by Gasteiger charge is -2.14. The van der Waals surface area contributed by atoms with Gasteiger partial charge in [0.05, 0.1) is 18.3 Å². The van der Waals surface area contributed by atoms with Crippen LogP contribution in [0.5, 0.6) is 17.2 Å². The average Bonchev–Trinajstić information content (AvgIpc) is 2.87. The number of urea groups is 1. The quantitative estimate of drug-likeness (QED) is 0.181. The largest absolute Gasteiger partial charge is 0.493 e. The van der Waals surface area contributed by atoms with Crippen LogP contribution >= 0.6 is 11.6 Å². The van der Waals surface area contributed by atoms with E-state index in [-0.39, 0.29) is 6.61 Å². The molecule has 7 nitrogen and oxygen atoms in total. The van der Waals surface area contributed by atoms with Gasteiger partial charge in [-0.1, -0.05) is 55.8 Å². The number of nitrogens with one attached hydrogen (secondary N) is 2. The van der Waals surface area contributed by atoms with Crippen LogP contribution in [0.3, 0.4) is 0 Å². The van der Waals surface area contributed by atoms with E-state index in [1.165, 1.54) is 18.9 Å². The van der Waals surface area contributed by atoms with Crippen LogP contribution in [0.2, 0.25) is 5.02 Å². The molecule has 0 bridgehead atoms. The Morgan fingerprint density at radius 2 is 1.77 bits per heavy atom. The number of carbonyl (C=O) groups is 1. The first-order chi connectivity index (χ1) is 17.0. The number of para-hydroxylation sites is 1. The summed E-state index contributed by atoms with van der Waals surface area (Å²) in [5, 5.41) is 6.99. The molecule has 3 aromatic rings. The Hall–Kier alpha value is -3.71. The third kappa shape index (κ3) is 7.93. The van der Waals surface area contributed by atoms with Crippen molar-refractivity contribution in [2.24, 2.45) is 5.10 Å². The molecule has 1 atom stereocenters. The van der Waals surface area contributed by atoms with E-state index in [9.17, 15) is 4.79 Å². The minimum atomic E-state index is -0.458. The molecule has 3 aromatic carbocycles. The van der Waals surface area contributed by atoms with Crippen molar-refractivity contribution in [1.29, 1.82) is 0 Å². The first-order valence-electron chi connectivity index (χ1n) is 11.4. The Balaban J connectivity index is 1.51. The van der Waals surface area contributed by atoms with Crippen molar-refractivity contribution in [1.82, 2.24) is 5.43 Å². The van der Waals surface area contributed by atoms with E-state index in [1.54, 1.807) is 24.3 Å². The molecular formula is C27H30ClN3O4. The first kappa shape index (κ1) is 25.9. The van der Waals surface area contributed by atoms with Crippen LogP contribution in [-0.2, 0) is 0 Å². The number of methoxy groups -OCH3 is 1. The summed E-state index contributed by atoms with van der Waals surface area (Å²) in [7, 11) is 1.53. The minimum absolute atomic E-state index is 0.290. The van der Waals surface area contributed by atoms with Crippen molar-refractivity contribution in [3.8, 4) is 17.2 Å². The Kier molecular flexibility index (Phi) is 9.80. The predicted octanol–water partition coefficient (Wildman–Crippen LogP) is 6.48. The van der Waals surface area contributed by atoms with Crippen LogP contribution in [0, 0.1) is 0 Å². The van der Waals surface area contributed by atoms with Gasteiger partial charge >= 0.3 is 6.03 Å². The summed E-state index contributed by atoms with van der Waals surface area (Å²) >= 11 is 6.41. The van der Waals surface area contributed by atoms with Crippen LogP contribution in [0.4, 0.5) is 10.5 Å². The van der Waals surface area contributed by atoms with Gasteiger partial charge in [-0.25, -0.2) is 10.2 Å². The van der Waals surface area contributed by atoms with E-state index >= 15 is 0 Å². The van der Waals surface area contributed by atoms with Gasteiger partial charge in [-0.15, -0.1) is 0 Å². The van der Waals surface area contributed by atoms with Gasteiger partial charge in [-0.05, 0) is 59.9 Å². The van der Waals surface area contributed by atoms with E-state index in [1.807, 2.05) is 30.3 Å². The maximum Gasteiger partial charge on any atom is 0.339 e. The van der Waals surface area contributed by atoms with Gasteiger partial charge in [0.15, 0.2) is 11.5 Å². The average molecular weight is 496 g/mol. The fourth-order valence-electron chi connectivity index (χ4n) is 3.23. The van der Waals surface area contributed by atoms with Crippen molar-refractivity contribution in [2.45, 2.75) is 26.2 Å². The van der Waals surface area contributed by atoms with Gasteiger partial charge < -0.3 is 19.5 Å². The molecule has 1 unspecified atom stereocenters. The number of amides is 2. The lowest BCUT2D eigenvalue weighted by molar-refractivity contribution is 0.211. The summed E-state index contributed by atoms with van der Waals surface area (Å²) < 4.78 is 17.0. The molecule has 0 saturated heterocycles. The Morgan fingerprint density at radius 1 is 1.06 bits per heavy atom. The molecule has 0 aliphatic rings. The zero-order valence-electron chi connectivity index (χ0n) is 20.1. The summed E-state index contributed by atoms with van der Waals surface area (Å²) in [5.74, 6) is 2.17. The molecule has 8 heteroatoms. The zero-order valence-corrected chi connectivity index (χ0v) is 20.8. The summed E-state index contributed by atoms with van der Waals surface area (Å²) in [6.45, 7) is 5.02. The lowest BCUT2D eigenvalue weighted by atomic mass is 9.99. The molecule has 3 rings (SSSR count). The van der Waals surface area contributed by atoms with Crippen LogP contribution < -0.4 is 25.0 Å². The van der Waals surface area contributed by atoms with Crippen LogP contribution in [-0.4, -0.2) is 32.6 Å². The molecule has 0 saturated carbocycles. The summed E-state index contributed by atoms with van der Waals surface area (Å²) in [6.07, 6.45) is 2.57. The topological polar surface area (TPSA) is 81.2 Å². The van der Waals surface area contributed by atoms with Gasteiger partial charge in [-0.3, -0.25) is 0 Å². The number of hydrogen-bond acceptors (Lipinski definition) is 5. The molecule has 0 heterocycles. The van der Waals surface area contributed by atoms with Gasteiger partial charge in [0.2, 0.25) is 0 Å². The maximum atomic E-state index is 11.9. The number of carbonyl (C=O) groups excluding carboxylic acids is 1. The number of rotatable bonds is 11. The first-order valence-corrected chi connectivity index (χ1v) is 11.8. The predicted molar refractivity (Wildman–Crippen MR) is 140 cm³/mol. The van der Waals surface area contributed by atoms with E-state index in [4.69, 9.17) is 25.8 Å². The Morgan fingerprint density at radius 3 is 2.46 bits per heavy atom. The number of nitrogens with zero attached hydrogens (tertiary/aromatic N) is 1. The number of halogens is 1. The third-order valence-electron chi connectivity index (χ3n) is 5.32. The lowest BCUT2D eigenvalue weighted by Crippen LogP contribution is -2.24. The van der Waals surface area contributed by atoms with E-state index in [2.05, 4.69) is 41.8 Å². The fourth-order valence-corrected chi connectivity index (χ4v) is 3.51. The number of benzene rings is 3. The highest BCUT2D eigenvalue weighted by atomic mass is 35.5. The fraction of sp³-hybridized carbons (Fsp3) is 0.259. The number of hydrazone groups is 1. The van der Waals surface area contributed by atoms with Gasteiger partial charge in [-0.2, -0.15) is 5.10 Å². The van der Waals surface area contributed by atoms with Gasteiger partial charge in [0, 0.05) is 5.69 Å². The molecule has 0 aliphatic carbocycles. The maximum absolute atomic E-state index is 11.9. The van der Waals surface area contributed by atoms with Crippen molar-refractivity contribution >= 4 is 29.5 Å². The second kappa shape index (κ2) is 13.2. The second-order valence-corrected chi connectivity index (χ2v) is 8.21. The second-order valence-electron chi connectivity index (χ2n) is 7.80. The van der Waals surface area contributed by atoms with Gasteiger partial charge in [0.1, 0.15) is 19.0 Å². The van der Waals surface area contributed by atoms with Crippen molar-refractivity contribution in [2.75, 3.05) is 25.6 Å². The molecule has 184 valence electrons. The smallest absolute Gasteiger partial charge is 0.339 e. The third-order valence-corrected chi connectivity index (χ3v) is 5.60. The molecule has 2 N–H and O–H groups in total. The highest BCUT2D eigenvalue weighted by molar-refractivity contribution is 6.32. The number of ether oxygens (including phenoxy) is 3.